The van der Waals surface area contributed by atoms with Gasteiger partial charge < -0.3 is 0 Å². The van der Waals surface area contributed by atoms with Gasteiger partial charge in [0.05, 0.1) is 33.4 Å². The molecule has 336 valence electrons. The number of halogens is 18. The highest BCUT2D eigenvalue weighted by molar-refractivity contribution is 6.33. The molecule has 0 bridgehead atoms. The smallest absolute Gasteiger partial charge is 0.206 e. The summed E-state index contributed by atoms with van der Waals surface area (Å²) >= 11 is 0. The van der Waals surface area contributed by atoms with E-state index in [0.717, 1.165) is 24.3 Å². The molecule has 0 heterocycles. The van der Waals surface area contributed by atoms with Gasteiger partial charge in [-0.05, 0) is 70.8 Å². The van der Waals surface area contributed by atoms with Crippen molar-refractivity contribution in [2.24, 2.45) is 0 Å². The fourth-order valence-corrected chi connectivity index (χ4v) is 7.49. The number of benzene rings is 4. The Hall–Kier alpha value is -8.48. The Morgan fingerprint density at radius 2 is 0.657 bits per heavy atom. The summed E-state index contributed by atoms with van der Waals surface area (Å²) in [6, 6.07) is 5.24. The van der Waals surface area contributed by atoms with Gasteiger partial charge in [-0.1, -0.05) is 0 Å². The predicted octanol–water partition coefficient (Wildman–Crippen LogP) is 13.4. The van der Waals surface area contributed by atoms with Gasteiger partial charge >= 0.3 is 30.9 Å². The van der Waals surface area contributed by atoms with Crippen molar-refractivity contribution >= 4 is 33.4 Å². The van der Waals surface area contributed by atoms with Gasteiger partial charge in [-0.2, -0.15) is 97.4 Å². The lowest BCUT2D eigenvalue weighted by molar-refractivity contribution is -0.144. The molecule has 0 spiro atoms. The molecule has 0 saturated heterocycles. The van der Waals surface area contributed by atoms with E-state index in [1.54, 1.807) is 0 Å². The zero-order valence-corrected chi connectivity index (χ0v) is 31.6. The van der Waals surface area contributed by atoms with E-state index in [0.29, 0.717) is 0 Å². The van der Waals surface area contributed by atoms with Crippen molar-refractivity contribution in [1.29, 1.82) is 31.6 Å². The summed E-state index contributed by atoms with van der Waals surface area (Å²) < 4.78 is 261. The van der Waals surface area contributed by atoms with Crippen LogP contribution in [-0.4, -0.2) is 0 Å². The summed E-state index contributed by atoms with van der Waals surface area (Å²) in [5.41, 5.74) is -34.6. The third-order valence-electron chi connectivity index (χ3n) is 9.98. The highest BCUT2D eigenvalue weighted by atomic mass is 19.4. The van der Waals surface area contributed by atoms with Crippen LogP contribution in [0.2, 0.25) is 0 Å². The summed E-state index contributed by atoms with van der Waals surface area (Å²) in [5.74, 6) is -7.36. The Morgan fingerprint density at radius 1 is 0.358 bits per heavy atom. The van der Waals surface area contributed by atoms with Crippen molar-refractivity contribution in [1.82, 2.24) is 0 Å². The first-order chi connectivity index (χ1) is 30.9. The van der Waals surface area contributed by atoms with Gasteiger partial charge in [0.2, 0.25) is 0 Å². The van der Waals surface area contributed by atoms with E-state index in [-0.39, 0.29) is 36.4 Å². The minimum Gasteiger partial charge on any atom is -0.206 e. The number of allylic oxidation sites excluding steroid dienone is 8. The quantitative estimate of drug-likeness (QED) is 0.148. The molecule has 0 saturated carbocycles. The molecular weight excluding hydrogens is 942 g/mol. The Labute approximate surface area is 360 Å². The van der Waals surface area contributed by atoms with Gasteiger partial charge in [0.15, 0.2) is 0 Å². The number of hydrogen-bond acceptors (Lipinski definition) is 6. The lowest BCUT2D eigenvalue weighted by atomic mass is 9.80. The van der Waals surface area contributed by atoms with Crippen LogP contribution >= 0.6 is 0 Å². The summed E-state index contributed by atoms with van der Waals surface area (Å²) in [4.78, 5) is 0. The third kappa shape index (κ3) is 7.93. The van der Waals surface area contributed by atoms with Crippen molar-refractivity contribution in [3.05, 3.63) is 138 Å². The highest BCUT2D eigenvalue weighted by Crippen LogP contribution is 2.61. The molecule has 0 aromatic heterocycles. The van der Waals surface area contributed by atoms with Crippen molar-refractivity contribution in [3.63, 3.8) is 0 Å². The van der Waals surface area contributed by atoms with E-state index in [9.17, 15) is 97.4 Å². The molecule has 0 fully saturated rings. The van der Waals surface area contributed by atoms with Gasteiger partial charge in [0.1, 0.15) is 70.6 Å². The van der Waals surface area contributed by atoms with Gasteiger partial charge in [0, 0.05) is 44.5 Å². The molecule has 4 aromatic rings. The molecule has 0 aliphatic heterocycles. The van der Waals surface area contributed by atoms with Crippen LogP contribution in [0.5, 0.6) is 0 Å². The molecule has 0 amide bonds. The van der Waals surface area contributed by atoms with E-state index >= 15 is 13.2 Å². The van der Waals surface area contributed by atoms with Crippen LogP contribution in [0.1, 0.15) is 61.2 Å². The van der Waals surface area contributed by atoms with Crippen LogP contribution in [0.25, 0.3) is 44.6 Å². The molecule has 67 heavy (non-hydrogen) atoms. The van der Waals surface area contributed by atoms with Gasteiger partial charge in [-0.3, -0.25) is 0 Å². The maximum atomic E-state index is 17.8. The van der Waals surface area contributed by atoms with E-state index < -0.39 is 177 Å². The van der Waals surface area contributed by atoms with Crippen LogP contribution in [0.3, 0.4) is 0 Å². The Bertz CT molecular complexity index is 3010. The molecule has 0 unspecified atom stereocenters. The zero-order chi connectivity index (χ0) is 50.3. The van der Waals surface area contributed by atoms with Gasteiger partial charge in [-0.25, -0.2) is 13.2 Å². The number of rotatable bonds is 3. The highest BCUT2D eigenvalue weighted by Gasteiger charge is 2.47. The molecular formula is C43H8F18N6. The first-order valence-electron chi connectivity index (χ1n) is 17.4. The largest absolute Gasteiger partial charge is 0.422 e. The standard InChI is InChI=1S/C43H8F18N6/c44-26-5-17(6-27(45)37(26)43(59,60)61)30-35-31(18(9-62)10-63)28(15-1-20(39(47,48)49)7-21(2-15)40(50,51)52)24(13-66)33(35)38(46)34-25(14-67)29(32(36(30)34)19(11-64)12-65)16-3-22(41(53,54)55)8-23(4-16)42(56,57)58/h1-8H. The third-order valence-corrected chi connectivity index (χ3v) is 9.98. The molecule has 4 aromatic carbocycles. The fourth-order valence-electron chi connectivity index (χ4n) is 7.49. The monoisotopic (exact) mass is 950 g/mol. The van der Waals surface area contributed by atoms with Gasteiger partial charge in [0.25, 0.3) is 0 Å². The number of fused-ring (bicyclic) bond motifs is 2. The molecule has 6 rings (SSSR count). The summed E-state index contributed by atoms with van der Waals surface area (Å²) in [5, 5.41) is 61.7. The van der Waals surface area contributed by atoms with Crippen LogP contribution in [-0.2, 0) is 30.9 Å². The normalized spacial score (nSPS) is 13.9. The summed E-state index contributed by atoms with van der Waals surface area (Å²) in [7, 11) is 0. The van der Waals surface area contributed by atoms with Crippen molar-refractivity contribution in [3.8, 4) is 47.5 Å². The average molecular weight is 951 g/mol. The first kappa shape index (κ1) is 48.0. The lowest BCUT2D eigenvalue weighted by Crippen LogP contribution is -2.12. The zero-order valence-electron chi connectivity index (χ0n) is 31.6. The van der Waals surface area contributed by atoms with E-state index in [1.165, 1.54) is 12.1 Å². The Morgan fingerprint density at radius 3 is 0.896 bits per heavy atom. The van der Waals surface area contributed by atoms with Gasteiger partial charge in [-0.15, -0.1) is 0 Å². The molecule has 0 N–H and O–H groups in total. The molecule has 2 aliphatic rings. The second-order valence-electron chi connectivity index (χ2n) is 13.8. The minimum atomic E-state index is -5.90. The van der Waals surface area contributed by atoms with E-state index in [4.69, 9.17) is 0 Å². The van der Waals surface area contributed by atoms with E-state index in [2.05, 4.69) is 0 Å². The van der Waals surface area contributed by atoms with Crippen molar-refractivity contribution in [2.75, 3.05) is 0 Å². The summed E-state index contributed by atoms with van der Waals surface area (Å²) in [6.45, 7) is 0. The van der Waals surface area contributed by atoms with Crippen molar-refractivity contribution in [2.45, 2.75) is 30.9 Å². The second kappa shape index (κ2) is 15.9. The molecule has 6 nitrogen and oxygen atoms in total. The number of nitriles is 6. The van der Waals surface area contributed by atoms with E-state index in [1.807, 2.05) is 0 Å². The average Bonchev–Trinajstić information content (AvgIpc) is 3.74. The maximum Gasteiger partial charge on any atom is 0.422 e. The summed E-state index contributed by atoms with van der Waals surface area (Å²) in [6.07, 6.45) is -28.7. The topological polar surface area (TPSA) is 143 Å². The molecule has 24 heteroatoms. The van der Waals surface area contributed by atoms with Crippen LogP contribution < -0.4 is 0 Å². The lowest BCUT2D eigenvalue weighted by Gasteiger charge is -2.21. The second-order valence-corrected chi connectivity index (χ2v) is 13.8. The van der Waals surface area contributed by atoms with Crippen LogP contribution in [0, 0.1) is 85.4 Å². The Balaban J connectivity index is 2.00. The number of nitrogens with zero attached hydrogens (tertiary/aromatic N) is 6. The SMILES string of the molecule is N#CC(C#N)=C1C(c2cc(C(F)(F)F)cc(C(F)(F)F)c2)=C(C#N)c2c(F)c3c(c(-c4cc(F)c(C(F)(F)F)c(F)c4)c21)C(=C(C#N)C#N)C(c1cc(C(F)(F)F)cc(C(F)(F)F)c1)=C3C#N. The predicted molar refractivity (Wildman–Crippen MR) is 191 cm³/mol. The molecule has 0 radical (unpaired) electrons. The van der Waals surface area contributed by atoms with Crippen molar-refractivity contribution < 1.29 is 79.0 Å². The molecule has 0 atom stereocenters. The number of alkyl halides is 15. The minimum absolute atomic E-state index is 0.109. The van der Waals surface area contributed by atoms with Crippen LogP contribution in [0.15, 0.2) is 59.7 Å². The fraction of sp³-hybridized carbons (Fsp3) is 0.116. The maximum absolute atomic E-state index is 17.8. The Kier molecular flexibility index (Phi) is 11.4. The molecule has 2 aliphatic carbocycles. The number of hydrogen-bond donors (Lipinski definition) is 0. The van der Waals surface area contributed by atoms with Crippen LogP contribution in [0.4, 0.5) is 79.0 Å². The first-order valence-corrected chi connectivity index (χ1v) is 17.4.